The summed E-state index contributed by atoms with van der Waals surface area (Å²) in [6.07, 6.45) is 0. The molecule has 0 amide bonds. The molecule has 0 saturated heterocycles. The number of hydrogen-bond acceptors (Lipinski definition) is 0. The summed E-state index contributed by atoms with van der Waals surface area (Å²) in [6, 6.07) is 103. The van der Waals surface area contributed by atoms with E-state index in [1.807, 2.05) is 0 Å². The molecule has 18 rings (SSSR count). The molecule has 2 aliphatic heterocycles. The Morgan fingerprint density at radius 1 is 0.235 bits per heavy atom. The van der Waals surface area contributed by atoms with Crippen LogP contribution in [0.3, 0.4) is 0 Å². The SMILES string of the molecule is CC(C)(C)c1ccc2c(c1)c1cc(-c3ccccc3-c3ccc(-c4ccccc4)cc3)cc3c1n2-c1cc(-n2c4cc(C(C)(C)C)ccc4c4ccc(C(C)(C)C)cc42)cc2c1B3c1cc(-c3ccccc3-c3ccc(-c4ccccc4)cc3)cc3c4cc(C(C)(C)C)ccc4n-2c13. The molecule has 16 aromatic rings. The van der Waals surface area contributed by atoms with Crippen molar-refractivity contribution in [1.82, 2.24) is 13.7 Å². The standard InChI is InChI=1S/C94H80BN3/c1-91(2,3)65-41-45-82-76(51-65)78-47-63(72-29-21-19-27-70(72)61-35-31-59(32-36-61)57-23-15-13-16-24-57)49-80-89(78)97(82)86-55-69(96-84-53-67(93(7,8)9)39-43-74(84)75-44-40-68(54-85(75)96)94(10,11)12)56-87-88(86)95(80)81-50-64(48-79-77-52-66(92(4,5)6)42-46-83(77)98(87)90(79)81)73-30-22-20-28-71(73)62-37-33-60(34-38-62)58-25-17-14-18-26-58/h13-56H,1-12H3. The van der Waals surface area contributed by atoms with Gasteiger partial charge < -0.3 is 13.7 Å². The van der Waals surface area contributed by atoms with Crippen LogP contribution in [0.1, 0.15) is 105 Å². The second-order valence-electron chi connectivity index (χ2n) is 32.2. The summed E-state index contributed by atoms with van der Waals surface area (Å²) < 4.78 is 8.02. The van der Waals surface area contributed by atoms with Crippen LogP contribution in [0.2, 0.25) is 0 Å². The van der Waals surface area contributed by atoms with Crippen molar-refractivity contribution in [2.24, 2.45) is 0 Å². The van der Waals surface area contributed by atoms with Crippen molar-refractivity contribution in [3.8, 4) is 83.8 Å². The molecule has 0 fully saturated rings. The third-order valence-electron chi connectivity index (χ3n) is 21.9. The van der Waals surface area contributed by atoms with Gasteiger partial charge in [0, 0.05) is 54.7 Å². The van der Waals surface area contributed by atoms with E-state index < -0.39 is 0 Å². The molecule has 0 unspecified atom stereocenters. The van der Waals surface area contributed by atoms with Crippen LogP contribution in [0.15, 0.2) is 267 Å². The minimum atomic E-state index is -0.176. The molecule has 98 heavy (non-hydrogen) atoms. The molecule has 0 bridgehead atoms. The lowest BCUT2D eigenvalue weighted by atomic mass is 9.34. The molecule has 0 N–H and O–H groups in total. The Morgan fingerprint density at radius 2 is 0.561 bits per heavy atom. The molecule has 3 nitrogen and oxygen atoms in total. The minimum Gasteiger partial charge on any atom is -0.310 e. The van der Waals surface area contributed by atoms with Crippen molar-refractivity contribution >= 4 is 88.5 Å². The summed E-state index contributed by atoms with van der Waals surface area (Å²) in [6.45, 7) is 28.0. The fourth-order valence-corrected chi connectivity index (χ4v) is 16.6. The van der Waals surface area contributed by atoms with Gasteiger partial charge in [0.25, 0.3) is 6.71 Å². The Labute approximate surface area is 576 Å². The normalized spacial score (nSPS) is 13.1. The van der Waals surface area contributed by atoms with Gasteiger partial charge in [-0.05, 0) is 188 Å². The average molecular weight is 1260 g/mol. The molecule has 0 saturated carbocycles. The molecule has 0 spiro atoms. The zero-order valence-corrected chi connectivity index (χ0v) is 58.3. The first-order valence-corrected chi connectivity index (χ1v) is 35.2. The van der Waals surface area contributed by atoms with Gasteiger partial charge in [0.2, 0.25) is 0 Å². The van der Waals surface area contributed by atoms with E-state index in [1.165, 1.54) is 182 Å². The molecular weight excluding hydrogens is 1180 g/mol. The third-order valence-corrected chi connectivity index (χ3v) is 21.9. The molecule has 5 heterocycles. The van der Waals surface area contributed by atoms with Crippen LogP contribution in [0.5, 0.6) is 0 Å². The highest BCUT2D eigenvalue weighted by atomic mass is 15.1. The quantitative estimate of drug-likeness (QED) is 0.141. The van der Waals surface area contributed by atoms with E-state index in [4.69, 9.17) is 0 Å². The number of fused-ring (bicyclic) bond motifs is 13. The molecule has 0 radical (unpaired) electrons. The molecule has 13 aromatic carbocycles. The molecule has 0 aliphatic carbocycles. The molecule has 4 heteroatoms. The van der Waals surface area contributed by atoms with E-state index in [2.05, 4.69) is 364 Å². The zero-order chi connectivity index (χ0) is 67.1. The zero-order valence-electron chi connectivity index (χ0n) is 58.3. The summed E-state index contributed by atoms with van der Waals surface area (Å²) in [5.41, 5.74) is 34.4. The first-order chi connectivity index (χ1) is 47.1. The van der Waals surface area contributed by atoms with Crippen molar-refractivity contribution in [2.45, 2.75) is 105 Å². The van der Waals surface area contributed by atoms with Gasteiger partial charge >= 0.3 is 0 Å². The monoisotopic (exact) mass is 1260 g/mol. The lowest BCUT2D eigenvalue weighted by Crippen LogP contribution is -2.59. The molecule has 3 aromatic heterocycles. The van der Waals surface area contributed by atoms with Gasteiger partial charge in [0.05, 0.1) is 27.8 Å². The highest BCUT2D eigenvalue weighted by Gasteiger charge is 2.43. The molecule has 2 aliphatic rings. The van der Waals surface area contributed by atoms with Crippen LogP contribution in [-0.4, -0.2) is 20.4 Å². The number of nitrogens with zero attached hydrogens (tertiary/aromatic N) is 3. The van der Waals surface area contributed by atoms with Gasteiger partial charge in [-0.1, -0.05) is 289 Å². The first kappa shape index (κ1) is 59.8. The Bertz CT molecular complexity index is 5620. The van der Waals surface area contributed by atoms with Gasteiger partial charge in [-0.15, -0.1) is 0 Å². The fraction of sp³-hybridized carbons (Fsp3) is 0.170. The lowest BCUT2D eigenvalue weighted by Gasteiger charge is -2.35. The molecule has 474 valence electrons. The van der Waals surface area contributed by atoms with Gasteiger partial charge in [0.1, 0.15) is 0 Å². The Kier molecular flexibility index (Phi) is 13.1. The van der Waals surface area contributed by atoms with Crippen molar-refractivity contribution in [2.75, 3.05) is 0 Å². The highest BCUT2D eigenvalue weighted by Crippen LogP contribution is 2.48. The van der Waals surface area contributed by atoms with E-state index in [0.29, 0.717) is 0 Å². The maximum absolute atomic E-state index is 2.70. The molecule has 0 atom stereocenters. The van der Waals surface area contributed by atoms with Crippen molar-refractivity contribution in [3.05, 3.63) is 289 Å². The van der Waals surface area contributed by atoms with Crippen LogP contribution >= 0.6 is 0 Å². The smallest absolute Gasteiger partial charge is 0.252 e. The minimum absolute atomic E-state index is 0.0730. The average Bonchev–Trinajstić information content (AvgIpc) is 1.44. The summed E-state index contributed by atoms with van der Waals surface area (Å²) >= 11 is 0. The lowest BCUT2D eigenvalue weighted by molar-refractivity contribution is 0.590. The summed E-state index contributed by atoms with van der Waals surface area (Å²) in [5.74, 6) is 0. The maximum atomic E-state index is 2.70. The Hall–Kier alpha value is -10.7. The summed E-state index contributed by atoms with van der Waals surface area (Å²) in [4.78, 5) is 0. The number of rotatable bonds is 7. The first-order valence-electron chi connectivity index (χ1n) is 35.2. The second kappa shape index (κ2) is 21.4. The van der Waals surface area contributed by atoms with Crippen molar-refractivity contribution < 1.29 is 0 Å². The van der Waals surface area contributed by atoms with Crippen molar-refractivity contribution in [1.29, 1.82) is 0 Å². The molecular formula is C94H80BN3. The Morgan fingerprint density at radius 3 is 0.939 bits per heavy atom. The van der Waals surface area contributed by atoms with Gasteiger partial charge in [-0.3, -0.25) is 0 Å². The van der Waals surface area contributed by atoms with E-state index >= 15 is 0 Å². The second-order valence-corrected chi connectivity index (χ2v) is 32.2. The van der Waals surface area contributed by atoms with E-state index in [-0.39, 0.29) is 28.4 Å². The maximum Gasteiger partial charge on any atom is 0.252 e. The van der Waals surface area contributed by atoms with Crippen LogP contribution in [0.25, 0.3) is 149 Å². The van der Waals surface area contributed by atoms with Crippen LogP contribution in [0, 0.1) is 0 Å². The number of aromatic nitrogens is 3. The number of hydrogen-bond donors (Lipinski definition) is 0. The van der Waals surface area contributed by atoms with E-state index in [1.54, 1.807) is 0 Å². The number of benzene rings is 13. The highest BCUT2D eigenvalue weighted by molar-refractivity contribution is 7.00. The van der Waals surface area contributed by atoms with Gasteiger partial charge in [-0.2, -0.15) is 0 Å². The summed E-state index contributed by atoms with van der Waals surface area (Å²) in [5, 5.41) is 7.60. The third kappa shape index (κ3) is 9.31. The topological polar surface area (TPSA) is 14.8 Å². The predicted molar refractivity (Wildman–Crippen MR) is 422 cm³/mol. The summed E-state index contributed by atoms with van der Waals surface area (Å²) in [7, 11) is 0. The van der Waals surface area contributed by atoms with Crippen LogP contribution in [0.4, 0.5) is 0 Å². The predicted octanol–water partition coefficient (Wildman–Crippen LogP) is 23.3. The van der Waals surface area contributed by atoms with E-state index in [0.717, 1.165) is 5.69 Å². The van der Waals surface area contributed by atoms with E-state index in [9.17, 15) is 0 Å². The van der Waals surface area contributed by atoms with Crippen LogP contribution < -0.4 is 16.4 Å². The Balaban J connectivity index is 0.985. The fourth-order valence-electron chi connectivity index (χ4n) is 16.6. The van der Waals surface area contributed by atoms with Gasteiger partial charge in [0.15, 0.2) is 0 Å². The largest absolute Gasteiger partial charge is 0.310 e. The van der Waals surface area contributed by atoms with Crippen molar-refractivity contribution in [3.63, 3.8) is 0 Å². The van der Waals surface area contributed by atoms with Crippen LogP contribution in [-0.2, 0) is 21.7 Å². The van der Waals surface area contributed by atoms with Gasteiger partial charge in [-0.25, -0.2) is 0 Å².